The van der Waals surface area contributed by atoms with Crippen molar-refractivity contribution in [3.05, 3.63) is 45.7 Å². The highest BCUT2D eigenvalue weighted by Gasteiger charge is 2.11. The molecule has 0 amide bonds. The molecule has 0 atom stereocenters. The standard InChI is InChI=1S/C14H13ClN2O2S/c1-7-8(2)16-14(17-9(7)3)20-10-4-5-11(13(18)19)12(15)6-10/h4-6H,1-3H3,(H,18,19). The van der Waals surface area contributed by atoms with Gasteiger partial charge in [0.25, 0.3) is 0 Å². The number of rotatable bonds is 3. The minimum Gasteiger partial charge on any atom is -0.478 e. The highest BCUT2D eigenvalue weighted by atomic mass is 35.5. The first-order valence-corrected chi connectivity index (χ1v) is 7.10. The van der Waals surface area contributed by atoms with Crippen LogP contribution in [-0.4, -0.2) is 21.0 Å². The molecular weight excluding hydrogens is 296 g/mol. The SMILES string of the molecule is Cc1nc(Sc2ccc(C(=O)O)c(Cl)c2)nc(C)c1C. The third-order valence-corrected chi connectivity index (χ3v) is 4.16. The molecule has 0 fully saturated rings. The number of carboxylic acid groups (broad SMARTS) is 1. The molecule has 2 rings (SSSR count). The van der Waals surface area contributed by atoms with Crippen molar-refractivity contribution in [3.8, 4) is 0 Å². The minimum absolute atomic E-state index is 0.0909. The molecule has 0 unspecified atom stereocenters. The summed E-state index contributed by atoms with van der Waals surface area (Å²) in [6.07, 6.45) is 0. The molecular formula is C14H13ClN2O2S. The molecule has 20 heavy (non-hydrogen) atoms. The van der Waals surface area contributed by atoms with Crippen LogP contribution in [0.1, 0.15) is 27.3 Å². The average Bonchev–Trinajstić information content (AvgIpc) is 2.35. The van der Waals surface area contributed by atoms with Gasteiger partial charge in [0.15, 0.2) is 5.16 Å². The summed E-state index contributed by atoms with van der Waals surface area (Å²) in [6.45, 7) is 5.86. The molecule has 1 aromatic heterocycles. The number of aromatic carboxylic acids is 1. The van der Waals surface area contributed by atoms with E-state index >= 15 is 0 Å². The number of hydrogen-bond acceptors (Lipinski definition) is 4. The molecule has 0 aliphatic heterocycles. The second-order valence-electron chi connectivity index (χ2n) is 4.35. The van der Waals surface area contributed by atoms with Gasteiger partial charge in [0.1, 0.15) is 0 Å². The van der Waals surface area contributed by atoms with Gasteiger partial charge in [0.05, 0.1) is 10.6 Å². The molecule has 104 valence electrons. The van der Waals surface area contributed by atoms with Gasteiger partial charge >= 0.3 is 5.97 Å². The lowest BCUT2D eigenvalue weighted by molar-refractivity contribution is 0.0697. The Morgan fingerprint density at radius 1 is 1.20 bits per heavy atom. The zero-order valence-electron chi connectivity index (χ0n) is 11.3. The van der Waals surface area contributed by atoms with Gasteiger partial charge in [-0.3, -0.25) is 0 Å². The molecule has 1 N–H and O–H groups in total. The molecule has 1 aromatic carbocycles. The third-order valence-electron chi connectivity index (χ3n) is 2.99. The Balaban J connectivity index is 2.31. The molecule has 4 nitrogen and oxygen atoms in total. The van der Waals surface area contributed by atoms with Crippen LogP contribution in [-0.2, 0) is 0 Å². The second kappa shape index (κ2) is 5.81. The number of nitrogens with zero attached hydrogens (tertiary/aromatic N) is 2. The summed E-state index contributed by atoms with van der Waals surface area (Å²) >= 11 is 7.30. The van der Waals surface area contributed by atoms with Crippen LogP contribution in [0.25, 0.3) is 0 Å². The van der Waals surface area contributed by atoms with E-state index in [9.17, 15) is 4.79 Å². The van der Waals surface area contributed by atoms with Gasteiger partial charge in [-0.25, -0.2) is 14.8 Å². The van der Waals surface area contributed by atoms with Gasteiger partial charge < -0.3 is 5.11 Å². The van der Waals surface area contributed by atoms with E-state index < -0.39 is 5.97 Å². The number of halogens is 1. The molecule has 0 aliphatic rings. The van der Waals surface area contributed by atoms with E-state index in [1.165, 1.54) is 17.8 Å². The first-order chi connectivity index (χ1) is 9.38. The van der Waals surface area contributed by atoms with Gasteiger partial charge in [0, 0.05) is 16.3 Å². The summed E-state index contributed by atoms with van der Waals surface area (Å²) < 4.78 is 0. The summed E-state index contributed by atoms with van der Waals surface area (Å²) in [4.78, 5) is 20.5. The van der Waals surface area contributed by atoms with Crippen LogP contribution < -0.4 is 0 Å². The lowest BCUT2D eigenvalue weighted by atomic mass is 10.2. The van der Waals surface area contributed by atoms with E-state index in [0.29, 0.717) is 5.16 Å². The molecule has 0 saturated carbocycles. The van der Waals surface area contributed by atoms with Gasteiger partial charge in [-0.1, -0.05) is 11.6 Å². The minimum atomic E-state index is -1.04. The van der Waals surface area contributed by atoms with Crippen LogP contribution in [0.2, 0.25) is 5.02 Å². The fraction of sp³-hybridized carbons (Fsp3) is 0.214. The summed E-state index contributed by atoms with van der Waals surface area (Å²) in [5.41, 5.74) is 3.04. The Morgan fingerprint density at radius 2 is 1.80 bits per heavy atom. The Hall–Kier alpha value is -1.59. The first-order valence-electron chi connectivity index (χ1n) is 5.91. The van der Waals surface area contributed by atoms with Crippen molar-refractivity contribution in [2.45, 2.75) is 30.8 Å². The van der Waals surface area contributed by atoms with Crippen molar-refractivity contribution >= 4 is 29.3 Å². The van der Waals surface area contributed by atoms with E-state index in [-0.39, 0.29) is 10.6 Å². The molecule has 0 aliphatic carbocycles. The fourth-order valence-electron chi connectivity index (χ4n) is 1.63. The van der Waals surface area contributed by atoms with Gasteiger partial charge in [0.2, 0.25) is 0 Å². The Labute approximate surface area is 126 Å². The topological polar surface area (TPSA) is 63.1 Å². The zero-order valence-corrected chi connectivity index (χ0v) is 12.8. The number of benzene rings is 1. The monoisotopic (exact) mass is 308 g/mol. The first kappa shape index (κ1) is 14.8. The Kier molecular flexibility index (Phi) is 4.30. The molecule has 0 bridgehead atoms. The van der Waals surface area contributed by atoms with Crippen LogP contribution in [0, 0.1) is 20.8 Å². The molecule has 2 aromatic rings. The number of aryl methyl sites for hydroxylation is 2. The highest BCUT2D eigenvalue weighted by molar-refractivity contribution is 7.99. The van der Waals surface area contributed by atoms with E-state index in [0.717, 1.165) is 21.8 Å². The molecule has 6 heteroatoms. The predicted octanol–water partition coefficient (Wildman–Crippen LogP) is 3.90. The van der Waals surface area contributed by atoms with Crippen LogP contribution in [0.5, 0.6) is 0 Å². The average molecular weight is 309 g/mol. The lowest BCUT2D eigenvalue weighted by Gasteiger charge is -2.07. The van der Waals surface area contributed by atoms with Gasteiger partial charge in [-0.15, -0.1) is 0 Å². The molecule has 0 spiro atoms. The number of carboxylic acids is 1. The smallest absolute Gasteiger partial charge is 0.337 e. The zero-order chi connectivity index (χ0) is 14.9. The highest BCUT2D eigenvalue weighted by Crippen LogP contribution is 2.29. The largest absolute Gasteiger partial charge is 0.478 e. The molecule has 1 heterocycles. The van der Waals surface area contributed by atoms with Crippen LogP contribution in [0.15, 0.2) is 28.3 Å². The van der Waals surface area contributed by atoms with Crippen molar-refractivity contribution in [2.75, 3.05) is 0 Å². The van der Waals surface area contributed by atoms with Crippen molar-refractivity contribution in [3.63, 3.8) is 0 Å². The summed E-state index contributed by atoms with van der Waals surface area (Å²) in [6, 6.07) is 4.80. The van der Waals surface area contributed by atoms with Gasteiger partial charge in [-0.2, -0.15) is 0 Å². The maximum Gasteiger partial charge on any atom is 0.337 e. The fourth-order valence-corrected chi connectivity index (χ4v) is 2.84. The van der Waals surface area contributed by atoms with Crippen LogP contribution >= 0.6 is 23.4 Å². The van der Waals surface area contributed by atoms with Crippen molar-refractivity contribution in [1.29, 1.82) is 0 Å². The van der Waals surface area contributed by atoms with Crippen LogP contribution in [0.4, 0.5) is 0 Å². The van der Waals surface area contributed by atoms with Crippen LogP contribution in [0.3, 0.4) is 0 Å². The summed E-state index contributed by atoms with van der Waals surface area (Å²) in [7, 11) is 0. The quantitative estimate of drug-likeness (QED) is 0.871. The third kappa shape index (κ3) is 3.11. The van der Waals surface area contributed by atoms with Crippen molar-refractivity contribution in [2.24, 2.45) is 0 Å². The summed E-state index contributed by atoms with van der Waals surface area (Å²) in [5.74, 6) is -1.04. The number of aromatic nitrogens is 2. The summed E-state index contributed by atoms with van der Waals surface area (Å²) in [5, 5.41) is 9.77. The second-order valence-corrected chi connectivity index (χ2v) is 5.80. The number of hydrogen-bond donors (Lipinski definition) is 1. The maximum absolute atomic E-state index is 10.9. The van der Waals surface area contributed by atoms with E-state index in [1.54, 1.807) is 12.1 Å². The number of carbonyl (C=O) groups is 1. The van der Waals surface area contributed by atoms with E-state index in [4.69, 9.17) is 16.7 Å². The Bertz CT molecular complexity index is 666. The van der Waals surface area contributed by atoms with Crippen molar-refractivity contribution in [1.82, 2.24) is 9.97 Å². The molecule has 0 radical (unpaired) electrons. The Morgan fingerprint density at radius 3 is 2.30 bits per heavy atom. The van der Waals surface area contributed by atoms with E-state index in [2.05, 4.69) is 9.97 Å². The maximum atomic E-state index is 10.9. The normalized spacial score (nSPS) is 10.6. The van der Waals surface area contributed by atoms with Gasteiger partial charge in [-0.05, 0) is 56.3 Å². The predicted molar refractivity (Wildman–Crippen MR) is 78.8 cm³/mol. The lowest BCUT2D eigenvalue weighted by Crippen LogP contribution is -1.99. The van der Waals surface area contributed by atoms with Crippen molar-refractivity contribution < 1.29 is 9.90 Å². The molecule has 0 saturated heterocycles. The van der Waals surface area contributed by atoms with E-state index in [1.807, 2.05) is 20.8 Å².